The number of aromatic nitrogens is 3. The van der Waals surface area contributed by atoms with E-state index >= 15 is 0 Å². The molecule has 8 heteroatoms. The second-order valence-corrected chi connectivity index (χ2v) is 7.86. The van der Waals surface area contributed by atoms with Gasteiger partial charge in [-0.05, 0) is 60.8 Å². The molecule has 154 valence electrons. The van der Waals surface area contributed by atoms with Crippen LogP contribution in [0.3, 0.4) is 0 Å². The monoisotopic (exact) mass is 423 g/mol. The third-order valence-electron chi connectivity index (χ3n) is 4.93. The molecule has 4 rings (SSSR count). The van der Waals surface area contributed by atoms with Crippen LogP contribution in [-0.4, -0.2) is 45.8 Å². The Morgan fingerprint density at radius 3 is 2.63 bits per heavy atom. The Morgan fingerprint density at radius 1 is 1.20 bits per heavy atom. The zero-order valence-corrected chi connectivity index (χ0v) is 17.5. The molecule has 3 aromatic heterocycles. The van der Waals surface area contributed by atoms with E-state index in [0.717, 1.165) is 5.56 Å². The molecule has 0 bridgehead atoms. The second kappa shape index (κ2) is 8.64. The lowest BCUT2D eigenvalue weighted by atomic mass is 10.1. The summed E-state index contributed by atoms with van der Waals surface area (Å²) in [5, 5.41) is 11.4. The minimum atomic E-state index is -0.411. The Bertz CT molecular complexity index is 1120. The minimum absolute atomic E-state index is 0.0526. The third-order valence-corrected chi connectivity index (χ3v) is 5.63. The number of thiophene rings is 1. The van der Waals surface area contributed by atoms with Crippen LogP contribution in [0.25, 0.3) is 11.5 Å². The van der Waals surface area contributed by atoms with Gasteiger partial charge in [0.15, 0.2) is 5.82 Å². The molecule has 6 nitrogen and oxygen atoms in total. The van der Waals surface area contributed by atoms with Gasteiger partial charge in [0.2, 0.25) is 0 Å². The van der Waals surface area contributed by atoms with Crippen molar-refractivity contribution in [3.05, 3.63) is 88.8 Å². The summed E-state index contributed by atoms with van der Waals surface area (Å²) in [6, 6.07) is 12.2. The van der Waals surface area contributed by atoms with Gasteiger partial charge < -0.3 is 14.8 Å². The van der Waals surface area contributed by atoms with Gasteiger partial charge in [-0.25, -0.2) is 9.07 Å². The number of carbonyl (C=O) groups is 1. The number of amides is 1. The first-order chi connectivity index (χ1) is 14.6. The van der Waals surface area contributed by atoms with Crippen molar-refractivity contribution in [3.63, 3.8) is 0 Å². The van der Waals surface area contributed by atoms with Gasteiger partial charge in [-0.15, -0.1) is 0 Å². The molecular formula is C22H22FN5OS. The standard InChI is InChI=1S/C22H22FN5OS/c1-26(2)20(16-9-12-30-15-16)14-24-21(29)17-13-25-28(19-8-4-3-7-18(19)23)22(17)27-10-5-6-11-27/h3-13,15,20H,14H2,1-2H3,(H,24,29)/t20-/m1/s1. The lowest BCUT2D eigenvalue weighted by molar-refractivity contribution is 0.0942. The van der Waals surface area contributed by atoms with E-state index in [2.05, 4.69) is 26.8 Å². The molecule has 0 fully saturated rings. The Morgan fingerprint density at radius 2 is 1.97 bits per heavy atom. The Labute approximate surface area is 178 Å². The predicted octanol–water partition coefficient (Wildman–Crippen LogP) is 3.90. The number of para-hydroxylation sites is 1. The van der Waals surface area contributed by atoms with Crippen LogP contribution in [0.5, 0.6) is 0 Å². The number of benzene rings is 1. The summed E-state index contributed by atoms with van der Waals surface area (Å²) in [6.45, 7) is 0.443. The van der Waals surface area contributed by atoms with Crippen molar-refractivity contribution in [2.75, 3.05) is 20.6 Å². The molecule has 0 aliphatic heterocycles. The summed E-state index contributed by atoms with van der Waals surface area (Å²) in [7, 11) is 3.96. The summed E-state index contributed by atoms with van der Waals surface area (Å²) in [5.74, 6) is -0.186. The molecule has 0 aliphatic carbocycles. The molecule has 1 aromatic carbocycles. The van der Waals surface area contributed by atoms with Crippen molar-refractivity contribution in [3.8, 4) is 11.5 Å². The maximum Gasteiger partial charge on any atom is 0.256 e. The van der Waals surface area contributed by atoms with Gasteiger partial charge in [-0.1, -0.05) is 12.1 Å². The molecule has 0 aliphatic rings. The van der Waals surface area contributed by atoms with Crippen LogP contribution in [0.1, 0.15) is 22.0 Å². The average Bonchev–Trinajstić information content (AvgIpc) is 3.49. The molecule has 0 unspecified atom stereocenters. The minimum Gasteiger partial charge on any atom is -0.350 e. The summed E-state index contributed by atoms with van der Waals surface area (Å²) in [4.78, 5) is 15.2. The zero-order valence-electron chi connectivity index (χ0n) is 16.7. The quantitative estimate of drug-likeness (QED) is 0.491. The van der Waals surface area contributed by atoms with E-state index < -0.39 is 5.82 Å². The van der Waals surface area contributed by atoms with E-state index in [4.69, 9.17) is 0 Å². The van der Waals surface area contributed by atoms with Gasteiger partial charge in [0.05, 0.1) is 12.2 Å². The summed E-state index contributed by atoms with van der Waals surface area (Å²) < 4.78 is 17.6. The molecular weight excluding hydrogens is 401 g/mol. The first-order valence-corrected chi connectivity index (χ1v) is 10.4. The number of rotatable bonds is 7. The van der Waals surface area contributed by atoms with Crippen LogP contribution in [0.2, 0.25) is 0 Å². The highest BCUT2D eigenvalue weighted by Gasteiger charge is 2.23. The molecule has 1 atom stereocenters. The van der Waals surface area contributed by atoms with Crippen LogP contribution in [0.15, 0.2) is 71.8 Å². The fourth-order valence-corrected chi connectivity index (χ4v) is 4.08. The predicted molar refractivity (Wildman–Crippen MR) is 116 cm³/mol. The number of hydrogen-bond donors (Lipinski definition) is 1. The topological polar surface area (TPSA) is 55.1 Å². The van der Waals surface area contributed by atoms with E-state index in [-0.39, 0.29) is 17.6 Å². The summed E-state index contributed by atoms with van der Waals surface area (Å²) in [6.07, 6.45) is 5.09. The number of hydrogen-bond acceptors (Lipinski definition) is 4. The SMILES string of the molecule is CN(C)[C@H](CNC(=O)c1cnn(-c2ccccc2F)c1-n1cccc1)c1ccsc1. The molecule has 0 saturated heterocycles. The summed E-state index contributed by atoms with van der Waals surface area (Å²) in [5.41, 5.74) is 1.81. The van der Waals surface area contributed by atoms with Gasteiger partial charge in [0.25, 0.3) is 5.91 Å². The highest BCUT2D eigenvalue weighted by atomic mass is 32.1. The van der Waals surface area contributed by atoms with Crippen molar-refractivity contribution >= 4 is 17.2 Å². The van der Waals surface area contributed by atoms with Gasteiger partial charge in [0, 0.05) is 18.9 Å². The summed E-state index contributed by atoms with van der Waals surface area (Å²) >= 11 is 1.63. The lowest BCUT2D eigenvalue weighted by Crippen LogP contribution is -2.34. The molecule has 30 heavy (non-hydrogen) atoms. The number of carbonyl (C=O) groups excluding carboxylic acids is 1. The molecule has 0 saturated carbocycles. The van der Waals surface area contributed by atoms with E-state index in [1.165, 1.54) is 16.9 Å². The maximum atomic E-state index is 14.4. The fraction of sp³-hybridized carbons (Fsp3) is 0.182. The number of likely N-dealkylation sites (N-methyl/N-ethyl adjacent to an activating group) is 1. The number of nitrogens with zero attached hydrogens (tertiary/aromatic N) is 4. The lowest BCUT2D eigenvalue weighted by Gasteiger charge is -2.24. The van der Waals surface area contributed by atoms with Crippen molar-refractivity contribution in [1.29, 1.82) is 0 Å². The van der Waals surface area contributed by atoms with Crippen molar-refractivity contribution in [2.45, 2.75) is 6.04 Å². The Hall–Kier alpha value is -3.23. The Kier molecular flexibility index (Phi) is 5.78. The van der Waals surface area contributed by atoms with Crippen molar-refractivity contribution < 1.29 is 9.18 Å². The first-order valence-electron chi connectivity index (χ1n) is 9.49. The molecule has 4 aromatic rings. The van der Waals surface area contributed by atoms with Gasteiger partial charge in [-0.3, -0.25) is 4.79 Å². The number of nitrogens with one attached hydrogen (secondary N) is 1. The van der Waals surface area contributed by atoms with Crippen LogP contribution in [0.4, 0.5) is 4.39 Å². The van der Waals surface area contributed by atoms with E-state index in [0.29, 0.717) is 17.9 Å². The van der Waals surface area contributed by atoms with E-state index in [1.54, 1.807) is 46.5 Å². The van der Waals surface area contributed by atoms with Crippen molar-refractivity contribution in [1.82, 2.24) is 24.6 Å². The van der Waals surface area contributed by atoms with Crippen LogP contribution >= 0.6 is 11.3 Å². The largest absolute Gasteiger partial charge is 0.350 e. The Balaban J connectivity index is 1.66. The van der Waals surface area contributed by atoms with Crippen molar-refractivity contribution in [2.24, 2.45) is 0 Å². The van der Waals surface area contributed by atoms with E-state index in [1.807, 2.05) is 31.6 Å². The van der Waals surface area contributed by atoms with Crippen LogP contribution in [-0.2, 0) is 0 Å². The molecule has 1 amide bonds. The first kappa shape index (κ1) is 20.1. The highest BCUT2D eigenvalue weighted by Crippen LogP contribution is 2.23. The molecule has 0 spiro atoms. The fourth-order valence-electron chi connectivity index (χ4n) is 3.37. The van der Waals surface area contributed by atoms with Crippen LogP contribution in [0, 0.1) is 5.82 Å². The van der Waals surface area contributed by atoms with E-state index in [9.17, 15) is 9.18 Å². The van der Waals surface area contributed by atoms with Gasteiger partial charge >= 0.3 is 0 Å². The zero-order chi connectivity index (χ0) is 21.1. The molecule has 1 N–H and O–H groups in total. The molecule has 0 radical (unpaired) electrons. The number of halogens is 1. The average molecular weight is 424 g/mol. The smallest absolute Gasteiger partial charge is 0.256 e. The second-order valence-electron chi connectivity index (χ2n) is 7.08. The normalized spacial score (nSPS) is 12.3. The highest BCUT2D eigenvalue weighted by molar-refractivity contribution is 7.07. The van der Waals surface area contributed by atoms with Gasteiger partial charge in [0.1, 0.15) is 17.1 Å². The van der Waals surface area contributed by atoms with Gasteiger partial charge in [-0.2, -0.15) is 16.4 Å². The molecule has 3 heterocycles. The van der Waals surface area contributed by atoms with Crippen LogP contribution < -0.4 is 5.32 Å². The maximum absolute atomic E-state index is 14.4. The third kappa shape index (κ3) is 3.92.